The molecule has 0 unspecified atom stereocenters. The van der Waals surface area contributed by atoms with E-state index in [0.29, 0.717) is 10.0 Å². The lowest BCUT2D eigenvalue weighted by atomic mass is 10.1. The van der Waals surface area contributed by atoms with Crippen LogP contribution in [0.15, 0.2) is 42.5 Å². The maximum Gasteiger partial charge on any atom is 0.188 e. The molecule has 0 aliphatic heterocycles. The van der Waals surface area contributed by atoms with E-state index in [4.69, 9.17) is 32.9 Å². The van der Waals surface area contributed by atoms with Gasteiger partial charge >= 0.3 is 0 Å². The number of nitrogens with one attached hydrogen (secondary N) is 1. The Morgan fingerprint density at radius 1 is 1.12 bits per heavy atom. The third-order valence-electron chi connectivity index (χ3n) is 3.72. The SMILES string of the molecule is CCCc1sc(Nc2ccccc2OC)nc1-c1ccc(Cl)c(Cl)c1. The van der Waals surface area contributed by atoms with Gasteiger partial charge in [0.1, 0.15) is 5.75 Å². The third kappa shape index (κ3) is 4.09. The summed E-state index contributed by atoms with van der Waals surface area (Å²) in [4.78, 5) is 6.01. The average molecular weight is 393 g/mol. The maximum atomic E-state index is 6.18. The molecule has 1 heterocycles. The number of hydrogen-bond acceptors (Lipinski definition) is 4. The number of ether oxygens (including phenoxy) is 1. The molecule has 6 heteroatoms. The first-order valence-electron chi connectivity index (χ1n) is 7.97. The van der Waals surface area contributed by atoms with Gasteiger partial charge < -0.3 is 10.1 Å². The van der Waals surface area contributed by atoms with Gasteiger partial charge in [-0.25, -0.2) is 4.98 Å². The zero-order valence-electron chi connectivity index (χ0n) is 14.0. The van der Waals surface area contributed by atoms with Crippen molar-refractivity contribution in [1.29, 1.82) is 0 Å². The Labute approximate surface area is 161 Å². The number of halogens is 2. The number of aryl methyl sites for hydroxylation is 1. The Morgan fingerprint density at radius 2 is 1.92 bits per heavy atom. The van der Waals surface area contributed by atoms with Gasteiger partial charge in [0, 0.05) is 10.4 Å². The Morgan fingerprint density at radius 3 is 2.64 bits per heavy atom. The van der Waals surface area contributed by atoms with Gasteiger partial charge in [-0.1, -0.05) is 54.7 Å². The molecule has 3 aromatic rings. The summed E-state index contributed by atoms with van der Waals surface area (Å²) >= 11 is 13.9. The fraction of sp³-hybridized carbons (Fsp3) is 0.211. The summed E-state index contributed by atoms with van der Waals surface area (Å²) in [5.41, 5.74) is 2.81. The quantitative estimate of drug-likeness (QED) is 0.499. The monoisotopic (exact) mass is 392 g/mol. The number of thiazole rings is 1. The van der Waals surface area contributed by atoms with Gasteiger partial charge in [0.15, 0.2) is 5.13 Å². The molecule has 0 aliphatic rings. The lowest BCUT2D eigenvalue weighted by molar-refractivity contribution is 0.417. The fourth-order valence-corrected chi connectivity index (χ4v) is 3.93. The zero-order valence-corrected chi connectivity index (χ0v) is 16.3. The number of benzene rings is 2. The number of para-hydroxylation sites is 2. The van der Waals surface area contributed by atoms with Crippen molar-refractivity contribution in [3.63, 3.8) is 0 Å². The van der Waals surface area contributed by atoms with Crippen LogP contribution in [0.2, 0.25) is 10.0 Å². The molecule has 0 radical (unpaired) electrons. The molecular weight excluding hydrogens is 375 g/mol. The molecule has 2 aromatic carbocycles. The van der Waals surface area contributed by atoms with E-state index >= 15 is 0 Å². The van der Waals surface area contributed by atoms with Crippen molar-refractivity contribution >= 4 is 45.4 Å². The number of anilines is 2. The molecule has 0 atom stereocenters. The third-order valence-corrected chi connectivity index (χ3v) is 5.49. The van der Waals surface area contributed by atoms with Crippen LogP contribution in [-0.4, -0.2) is 12.1 Å². The van der Waals surface area contributed by atoms with Crippen LogP contribution < -0.4 is 10.1 Å². The summed E-state index contributed by atoms with van der Waals surface area (Å²) in [6.45, 7) is 2.16. The topological polar surface area (TPSA) is 34.1 Å². The first kappa shape index (κ1) is 18.1. The molecule has 1 N–H and O–H groups in total. The lowest BCUT2D eigenvalue weighted by Gasteiger charge is -2.08. The largest absolute Gasteiger partial charge is 0.495 e. The number of hydrogen-bond donors (Lipinski definition) is 1. The van der Waals surface area contributed by atoms with E-state index in [0.717, 1.165) is 40.7 Å². The second kappa shape index (κ2) is 8.09. The van der Waals surface area contributed by atoms with E-state index in [1.54, 1.807) is 18.4 Å². The molecule has 0 saturated carbocycles. The number of aromatic nitrogens is 1. The van der Waals surface area contributed by atoms with Crippen LogP contribution in [0.25, 0.3) is 11.3 Å². The van der Waals surface area contributed by atoms with Crippen LogP contribution >= 0.6 is 34.5 Å². The fourth-order valence-electron chi connectivity index (χ4n) is 2.53. The highest BCUT2D eigenvalue weighted by Crippen LogP contribution is 2.37. The van der Waals surface area contributed by atoms with Crippen LogP contribution in [0, 0.1) is 0 Å². The molecule has 0 bridgehead atoms. The molecule has 0 amide bonds. The Kier molecular flexibility index (Phi) is 5.84. The summed E-state index contributed by atoms with van der Waals surface area (Å²) in [5.74, 6) is 0.783. The van der Waals surface area contributed by atoms with Crippen molar-refractivity contribution in [2.45, 2.75) is 19.8 Å². The first-order valence-corrected chi connectivity index (χ1v) is 9.54. The molecule has 0 saturated heterocycles. The molecule has 3 rings (SSSR count). The van der Waals surface area contributed by atoms with Crippen LogP contribution in [0.3, 0.4) is 0 Å². The maximum absolute atomic E-state index is 6.18. The highest BCUT2D eigenvalue weighted by atomic mass is 35.5. The minimum Gasteiger partial charge on any atom is -0.495 e. The summed E-state index contributed by atoms with van der Waals surface area (Å²) < 4.78 is 5.40. The van der Waals surface area contributed by atoms with Crippen molar-refractivity contribution in [1.82, 2.24) is 4.98 Å². The van der Waals surface area contributed by atoms with E-state index in [-0.39, 0.29) is 0 Å². The van der Waals surface area contributed by atoms with Crippen LogP contribution in [0.4, 0.5) is 10.8 Å². The van der Waals surface area contributed by atoms with Crippen LogP contribution in [0.1, 0.15) is 18.2 Å². The number of nitrogens with zero attached hydrogens (tertiary/aromatic N) is 1. The molecular formula is C19H18Cl2N2OS. The number of methoxy groups -OCH3 is 1. The van der Waals surface area contributed by atoms with Crippen molar-refractivity contribution < 1.29 is 4.74 Å². The molecule has 0 spiro atoms. The minimum atomic E-state index is 0.536. The predicted molar refractivity (Wildman–Crippen MR) is 108 cm³/mol. The Bertz CT molecular complexity index is 880. The Hall–Kier alpha value is -1.75. The first-order chi connectivity index (χ1) is 12.1. The second-order valence-electron chi connectivity index (χ2n) is 5.49. The van der Waals surface area contributed by atoms with E-state index in [2.05, 4.69) is 12.2 Å². The van der Waals surface area contributed by atoms with Crippen molar-refractivity contribution in [2.75, 3.05) is 12.4 Å². The van der Waals surface area contributed by atoms with Crippen LogP contribution in [0.5, 0.6) is 5.75 Å². The van der Waals surface area contributed by atoms with E-state index in [9.17, 15) is 0 Å². The van der Waals surface area contributed by atoms with Crippen molar-refractivity contribution in [2.24, 2.45) is 0 Å². The zero-order chi connectivity index (χ0) is 17.8. The standard InChI is InChI=1S/C19H18Cl2N2OS/c1-3-6-17-18(12-9-10-13(20)14(21)11-12)23-19(25-17)22-15-7-4-5-8-16(15)24-2/h4-5,7-11H,3,6H2,1-2H3,(H,22,23). The van der Waals surface area contributed by atoms with Crippen molar-refractivity contribution in [3.05, 3.63) is 57.4 Å². The van der Waals surface area contributed by atoms with Gasteiger partial charge in [-0.3, -0.25) is 0 Å². The van der Waals surface area contributed by atoms with Gasteiger partial charge in [-0.15, -0.1) is 11.3 Å². The van der Waals surface area contributed by atoms with E-state index in [1.165, 1.54) is 4.88 Å². The summed E-state index contributed by atoms with van der Waals surface area (Å²) in [6, 6.07) is 13.4. The van der Waals surface area contributed by atoms with Gasteiger partial charge in [0.2, 0.25) is 0 Å². The molecule has 130 valence electrons. The smallest absolute Gasteiger partial charge is 0.188 e. The lowest BCUT2D eigenvalue weighted by Crippen LogP contribution is -1.93. The molecule has 0 fully saturated rings. The van der Waals surface area contributed by atoms with E-state index in [1.807, 2.05) is 42.5 Å². The van der Waals surface area contributed by atoms with E-state index < -0.39 is 0 Å². The molecule has 3 nitrogen and oxygen atoms in total. The normalized spacial score (nSPS) is 10.7. The highest BCUT2D eigenvalue weighted by Gasteiger charge is 2.15. The number of rotatable bonds is 6. The van der Waals surface area contributed by atoms with Gasteiger partial charge in [0.05, 0.1) is 28.5 Å². The molecule has 0 aliphatic carbocycles. The molecule has 1 aromatic heterocycles. The average Bonchev–Trinajstić information content (AvgIpc) is 3.00. The second-order valence-corrected chi connectivity index (χ2v) is 7.39. The predicted octanol–water partition coefficient (Wildman–Crippen LogP) is 6.82. The highest BCUT2D eigenvalue weighted by molar-refractivity contribution is 7.16. The summed E-state index contributed by atoms with van der Waals surface area (Å²) in [7, 11) is 1.66. The summed E-state index contributed by atoms with van der Waals surface area (Å²) in [6.07, 6.45) is 2.01. The molecule has 25 heavy (non-hydrogen) atoms. The van der Waals surface area contributed by atoms with Gasteiger partial charge in [-0.05, 0) is 30.7 Å². The van der Waals surface area contributed by atoms with Gasteiger partial charge in [0.25, 0.3) is 0 Å². The van der Waals surface area contributed by atoms with Crippen LogP contribution in [-0.2, 0) is 6.42 Å². The van der Waals surface area contributed by atoms with Crippen molar-refractivity contribution in [3.8, 4) is 17.0 Å². The summed E-state index contributed by atoms with van der Waals surface area (Å²) in [5, 5.41) is 5.27. The Balaban J connectivity index is 1.98. The minimum absolute atomic E-state index is 0.536. The van der Waals surface area contributed by atoms with Gasteiger partial charge in [-0.2, -0.15) is 0 Å².